The maximum Gasteiger partial charge on any atom is 0.277 e. The fourth-order valence-electron chi connectivity index (χ4n) is 3.69. The van der Waals surface area contributed by atoms with E-state index in [4.69, 9.17) is 10.00 Å². The standard InChI is InChI=1S/C23H20N10O2/c1-32-12-26-21(30-32)14-5-4-6-15(20(14)35-3)27-16-9-18(28-17-8-7-13(10-24)11-25-17)29-22-19(16)23(34)33(2)31-22/h4-9,11-12H,1-3H3,(H3,25,27,28,29,31). The van der Waals surface area contributed by atoms with Crippen LogP contribution in [0.15, 0.2) is 53.7 Å². The van der Waals surface area contributed by atoms with Gasteiger partial charge < -0.3 is 15.4 Å². The Morgan fingerprint density at radius 1 is 1.09 bits per heavy atom. The van der Waals surface area contributed by atoms with Gasteiger partial charge in [-0.1, -0.05) is 6.07 Å². The Hall–Kier alpha value is -5.18. The van der Waals surface area contributed by atoms with Gasteiger partial charge in [-0.15, -0.1) is 0 Å². The van der Waals surface area contributed by atoms with E-state index in [1.54, 1.807) is 50.4 Å². The minimum Gasteiger partial charge on any atom is -0.494 e. The molecule has 4 heterocycles. The van der Waals surface area contributed by atoms with E-state index in [1.165, 1.54) is 10.9 Å². The summed E-state index contributed by atoms with van der Waals surface area (Å²) in [4.78, 5) is 25.9. The summed E-state index contributed by atoms with van der Waals surface area (Å²) < 4.78 is 8.67. The number of pyridine rings is 2. The van der Waals surface area contributed by atoms with E-state index in [0.717, 1.165) is 0 Å². The van der Waals surface area contributed by atoms with Crippen LogP contribution in [0.1, 0.15) is 5.56 Å². The van der Waals surface area contributed by atoms with Crippen LogP contribution in [0.25, 0.3) is 22.4 Å². The van der Waals surface area contributed by atoms with Crippen molar-refractivity contribution in [1.82, 2.24) is 34.5 Å². The third-order valence-electron chi connectivity index (χ3n) is 5.29. The van der Waals surface area contributed by atoms with Crippen LogP contribution >= 0.6 is 0 Å². The molecule has 0 fully saturated rings. The molecular formula is C23H20N10O2. The van der Waals surface area contributed by atoms with Gasteiger partial charge in [-0.2, -0.15) is 10.4 Å². The van der Waals surface area contributed by atoms with Crippen LogP contribution in [0.5, 0.6) is 5.75 Å². The van der Waals surface area contributed by atoms with Crippen LogP contribution in [0.3, 0.4) is 0 Å². The molecule has 0 aliphatic heterocycles. The first-order chi connectivity index (χ1) is 17.0. The van der Waals surface area contributed by atoms with Gasteiger partial charge in [0.25, 0.3) is 5.56 Å². The van der Waals surface area contributed by atoms with Gasteiger partial charge >= 0.3 is 0 Å². The first-order valence-electron chi connectivity index (χ1n) is 10.5. The number of aromatic nitrogens is 7. The number of nitriles is 1. The molecule has 4 aromatic heterocycles. The summed E-state index contributed by atoms with van der Waals surface area (Å²) in [5.41, 5.74) is 2.43. The Labute approximate surface area is 198 Å². The smallest absolute Gasteiger partial charge is 0.277 e. The summed E-state index contributed by atoms with van der Waals surface area (Å²) in [5, 5.41) is 23.1. The average Bonchev–Trinajstić information content (AvgIpc) is 3.41. The number of aryl methyl sites for hydroxylation is 2. The van der Waals surface area contributed by atoms with Crippen molar-refractivity contribution in [1.29, 1.82) is 5.26 Å². The molecule has 1 aromatic carbocycles. The van der Waals surface area contributed by atoms with Crippen molar-refractivity contribution < 1.29 is 4.74 Å². The molecule has 0 aliphatic carbocycles. The van der Waals surface area contributed by atoms with Crippen molar-refractivity contribution in [3.05, 3.63) is 64.8 Å². The summed E-state index contributed by atoms with van der Waals surface area (Å²) in [5.74, 6) is 1.99. The number of ether oxygens (including phenoxy) is 1. The molecule has 0 amide bonds. The van der Waals surface area contributed by atoms with E-state index >= 15 is 0 Å². The van der Waals surface area contributed by atoms with Crippen molar-refractivity contribution in [2.45, 2.75) is 0 Å². The van der Waals surface area contributed by atoms with Crippen molar-refractivity contribution >= 4 is 34.0 Å². The zero-order valence-electron chi connectivity index (χ0n) is 19.1. The Balaban J connectivity index is 1.59. The van der Waals surface area contributed by atoms with Crippen LogP contribution < -0.4 is 20.9 Å². The van der Waals surface area contributed by atoms with Gasteiger partial charge in [0.1, 0.15) is 29.4 Å². The maximum atomic E-state index is 12.9. The number of methoxy groups -OCH3 is 1. The Morgan fingerprint density at radius 3 is 2.63 bits per heavy atom. The summed E-state index contributed by atoms with van der Waals surface area (Å²) in [6.07, 6.45) is 3.08. The Bertz CT molecular complexity index is 1640. The highest BCUT2D eigenvalue weighted by molar-refractivity contribution is 5.94. The normalized spacial score (nSPS) is 10.8. The van der Waals surface area contributed by atoms with Crippen LogP contribution in [-0.2, 0) is 14.1 Å². The second-order valence-electron chi connectivity index (χ2n) is 7.68. The molecule has 0 saturated carbocycles. The van der Waals surface area contributed by atoms with Gasteiger partial charge in [-0.05, 0) is 24.3 Å². The van der Waals surface area contributed by atoms with Gasteiger partial charge in [-0.3, -0.25) is 19.3 Å². The molecule has 12 nitrogen and oxygen atoms in total. The fourth-order valence-corrected chi connectivity index (χ4v) is 3.69. The van der Waals surface area contributed by atoms with Gasteiger partial charge in [0.2, 0.25) is 0 Å². The van der Waals surface area contributed by atoms with E-state index in [9.17, 15) is 4.79 Å². The lowest BCUT2D eigenvalue weighted by Crippen LogP contribution is -2.12. The van der Waals surface area contributed by atoms with Gasteiger partial charge in [0, 0.05) is 26.4 Å². The molecule has 0 aliphatic rings. The average molecular weight is 468 g/mol. The molecule has 0 saturated heterocycles. The number of aromatic amines is 1. The van der Waals surface area contributed by atoms with Gasteiger partial charge in [0.05, 0.1) is 29.6 Å². The highest BCUT2D eigenvalue weighted by Gasteiger charge is 2.18. The Morgan fingerprint density at radius 2 is 1.94 bits per heavy atom. The fraction of sp³-hybridized carbons (Fsp3) is 0.130. The van der Waals surface area contributed by atoms with Crippen molar-refractivity contribution in [2.75, 3.05) is 17.7 Å². The van der Waals surface area contributed by atoms with Crippen molar-refractivity contribution in [3.8, 4) is 23.2 Å². The van der Waals surface area contributed by atoms with E-state index in [-0.39, 0.29) is 5.56 Å². The molecule has 0 atom stereocenters. The number of anilines is 4. The molecule has 174 valence electrons. The number of benzene rings is 1. The number of nitrogens with one attached hydrogen (secondary N) is 3. The second-order valence-corrected chi connectivity index (χ2v) is 7.68. The third-order valence-corrected chi connectivity index (χ3v) is 5.29. The van der Waals surface area contributed by atoms with E-state index < -0.39 is 0 Å². The van der Waals surface area contributed by atoms with Gasteiger partial charge in [-0.25, -0.2) is 15.0 Å². The molecule has 3 N–H and O–H groups in total. The van der Waals surface area contributed by atoms with Crippen LogP contribution in [0.4, 0.5) is 23.0 Å². The van der Waals surface area contributed by atoms with E-state index in [1.807, 2.05) is 24.3 Å². The quantitative estimate of drug-likeness (QED) is 0.341. The number of hydrogen-bond donors (Lipinski definition) is 3. The number of nitrogens with zero attached hydrogens (tertiary/aromatic N) is 7. The highest BCUT2D eigenvalue weighted by Crippen LogP contribution is 2.37. The molecule has 35 heavy (non-hydrogen) atoms. The Kier molecular flexibility index (Phi) is 5.34. The summed E-state index contributed by atoms with van der Waals surface area (Å²) in [7, 11) is 4.97. The molecule has 5 rings (SSSR count). The zero-order valence-corrected chi connectivity index (χ0v) is 19.1. The third kappa shape index (κ3) is 4.02. The van der Waals surface area contributed by atoms with Crippen LogP contribution in [0, 0.1) is 11.3 Å². The number of rotatable bonds is 6. The predicted molar refractivity (Wildman–Crippen MR) is 130 cm³/mol. The molecule has 0 spiro atoms. The second kappa shape index (κ2) is 8.64. The molecule has 5 aromatic rings. The summed E-state index contributed by atoms with van der Waals surface area (Å²) in [6, 6.07) is 12.6. The molecular weight excluding hydrogens is 448 g/mol. The zero-order chi connectivity index (χ0) is 24.5. The first kappa shape index (κ1) is 21.7. The van der Waals surface area contributed by atoms with E-state index in [0.29, 0.717) is 56.7 Å². The lowest BCUT2D eigenvalue weighted by molar-refractivity contribution is 0.418. The van der Waals surface area contributed by atoms with Crippen molar-refractivity contribution in [3.63, 3.8) is 0 Å². The number of fused-ring (bicyclic) bond motifs is 1. The monoisotopic (exact) mass is 468 g/mol. The maximum absolute atomic E-state index is 12.9. The highest BCUT2D eigenvalue weighted by atomic mass is 16.5. The van der Waals surface area contributed by atoms with E-state index in [2.05, 4.69) is 35.8 Å². The summed E-state index contributed by atoms with van der Waals surface area (Å²) >= 11 is 0. The number of hydrogen-bond acceptors (Lipinski definition) is 9. The number of para-hydroxylation sites is 1. The lowest BCUT2D eigenvalue weighted by Gasteiger charge is -2.15. The molecule has 0 bridgehead atoms. The topological polar surface area (TPSA) is 151 Å². The van der Waals surface area contributed by atoms with Crippen LogP contribution in [-0.4, -0.2) is 41.6 Å². The molecule has 0 radical (unpaired) electrons. The SMILES string of the molecule is COc1c(Nc2cc(Nc3ccc(C#N)cn3)nc3[nH]n(C)c(=O)c23)cccc1-c1ncn(C)n1. The first-order valence-corrected chi connectivity index (χ1v) is 10.5. The lowest BCUT2D eigenvalue weighted by atomic mass is 10.1. The predicted octanol–water partition coefficient (Wildman–Crippen LogP) is 2.82. The van der Waals surface area contributed by atoms with Crippen molar-refractivity contribution in [2.24, 2.45) is 14.1 Å². The minimum atomic E-state index is -0.237. The largest absolute Gasteiger partial charge is 0.494 e. The van der Waals surface area contributed by atoms with Crippen LogP contribution in [0.2, 0.25) is 0 Å². The minimum absolute atomic E-state index is 0.237. The summed E-state index contributed by atoms with van der Waals surface area (Å²) in [6.45, 7) is 0. The molecule has 12 heteroatoms. The number of H-pyrrole nitrogens is 1. The van der Waals surface area contributed by atoms with Gasteiger partial charge in [0.15, 0.2) is 17.2 Å². The molecule has 0 unspecified atom stereocenters.